The van der Waals surface area contributed by atoms with E-state index >= 15 is 0 Å². The van der Waals surface area contributed by atoms with Crippen molar-refractivity contribution in [2.75, 3.05) is 39.3 Å². The van der Waals surface area contributed by atoms with Crippen LogP contribution in [0.15, 0.2) is 36.4 Å². The van der Waals surface area contributed by atoms with E-state index in [9.17, 15) is 30.0 Å². The summed E-state index contributed by atoms with van der Waals surface area (Å²) in [7, 11) is 0. The first-order valence-corrected chi connectivity index (χ1v) is 11.1. The van der Waals surface area contributed by atoms with Crippen LogP contribution in [0.1, 0.15) is 22.3 Å². The van der Waals surface area contributed by atoms with Crippen LogP contribution in [0.3, 0.4) is 0 Å². The monoisotopic (exact) mass is 474 g/mol. The highest BCUT2D eigenvalue weighted by molar-refractivity contribution is 5.69. The topological polar surface area (TPSA) is 174 Å². The van der Waals surface area contributed by atoms with E-state index < -0.39 is 11.9 Å². The van der Waals surface area contributed by atoms with Crippen molar-refractivity contribution >= 4 is 11.9 Å². The molecule has 0 atom stereocenters. The number of aromatic hydroxyl groups is 2. The van der Waals surface area contributed by atoms with Gasteiger partial charge in [0.2, 0.25) is 0 Å². The van der Waals surface area contributed by atoms with E-state index in [-0.39, 0.29) is 50.8 Å². The van der Waals surface area contributed by atoms with Crippen LogP contribution in [0, 0.1) is 0 Å². The summed E-state index contributed by atoms with van der Waals surface area (Å²) < 4.78 is 0. The van der Waals surface area contributed by atoms with Crippen LogP contribution < -0.4 is 11.5 Å². The average Bonchev–Trinajstić information content (AvgIpc) is 2.76. The van der Waals surface area contributed by atoms with Crippen LogP contribution in [0.4, 0.5) is 0 Å². The molecule has 34 heavy (non-hydrogen) atoms. The molecule has 0 aromatic heterocycles. The van der Waals surface area contributed by atoms with Gasteiger partial charge in [0.1, 0.15) is 11.5 Å². The predicted octanol–water partition coefficient (Wildman–Crippen LogP) is 0.574. The minimum absolute atomic E-state index is 0.0557. The Hall–Kier alpha value is -3.18. The van der Waals surface area contributed by atoms with E-state index in [1.165, 1.54) is 0 Å². The Labute approximate surface area is 199 Å². The zero-order valence-electron chi connectivity index (χ0n) is 19.2. The maximum absolute atomic E-state index is 11.4. The summed E-state index contributed by atoms with van der Waals surface area (Å²) in [5, 5.41) is 39.2. The van der Waals surface area contributed by atoms with Crippen molar-refractivity contribution in [1.29, 1.82) is 0 Å². The molecule has 0 bridgehead atoms. The van der Waals surface area contributed by atoms with Crippen LogP contribution in [0.5, 0.6) is 11.5 Å². The van der Waals surface area contributed by atoms with E-state index in [4.69, 9.17) is 11.5 Å². The third-order valence-corrected chi connectivity index (χ3v) is 5.39. The number of benzene rings is 2. The molecule has 0 saturated heterocycles. The van der Waals surface area contributed by atoms with Gasteiger partial charge in [-0.15, -0.1) is 0 Å². The molecule has 0 aliphatic rings. The van der Waals surface area contributed by atoms with Crippen LogP contribution >= 0.6 is 0 Å². The number of carboxylic acid groups (broad SMARTS) is 2. The number of nitrogens with zero attached hydrogens (tertiary/aromatic N) is 2. The summed E-state index contributed by atoms with van der Waals surface area (Å²) in [6, 6.07) is 10.3. The van der Waals surface area contributed by atoms with E-state index in [0.717, 1.165) is 11.1 Å². The lowest BCUT2D eigenvalue weighted by atomic mass is 10.1. The van der Waals surface area contributed by atoms with Gasteiger partial charge in [0.25, 0.3) is 0 Å². The molecule has 0 aliphatic heterocycles. The summed E-state index contributed by atoms with van der Waals surface area (Å²) in [5.74, 6) is -1.95. The molecule has 10 nitrogen and oxygen atoms in total. The number of hydrogen-bond donors (Lipinski definition) is 6. The lowest BCUT2D eigenvalue weighted by molar-refractivity contribution is -0.140. The Morgan fingerprint density at radius 2 is 1.09 bits per heavy atom. The van der Waals surface area contributed by atoms with Gasteiger partial charge in [-0.1, -0.05) is 24.3 Å². The fourth-order valence-corrected chi connectivity index (χ4v) is 3.75. The summed E-state index contributed by atoms with van der Waals surface area (Å²) in [6.45, 7) is 1.17. The van der Waals surface area contributed by atoms with E-state index in [2.05, 4.69) is 0 Å². The van der Waals surface area contributed by atoms with Gasteiger partial charge in [-0.25, -0.2) is 0 Å². The number of phenols is 2. The molecule has 8 N–H and O–H groups in total. The van der Waals surface area contributed by atoms with Crippen molar-refractivity contribution in [2.24, 2.45) is 11.5 Å². The molecule has 0 fully saturated rings. The quantitative estimate of drug-likeness (QED) is 0.214. The van der Waals surface area contributed by atoms with Crippen molar-refractivity contribution in [2.45, 2.75) is 25.9 Å². The molecule has 2 aromatic rings. The first kappa shape index (κ1) is 27.1. The minimum atomic E-state index is -1.03. The van der Waals surface area contributed by atoms with Crippen LogP contribution in [0.2, 0.25) is 0 Å². The normalized spacial score (nSPS) is 11.3. The van der Waals surface area contributed by atoms with Gasteiger partial charge in [-0.3, -0.25) is 19.4 Å². The maximum Gasteiger partial charge on any atom is 0.317 e. The Bertz CT molecular complexity index is 891. The predicted molar refractivity (Wildman–Crippen MR) is 128 cm³/mol. The summed E-state index contributed by atoms with van der Waals surface area (Å²) in [4.78, 5) is 26.1. The van der Waals surface area contributed by atoms with Crippen molar-refractivity contribution in [3.63, 3.8) is 0 Å². The Morgan fingerprint density at radius 3 is 1.41 bits per heavy atom. The van der Waals surface area contributed by atoms with E-state index in [1.807, 2.05) is 0 Å². The second kappa shape index (κ2) is 13.5. The molecule has 186 valence electrons. The average molecular weight is 475 g/mol. The van der Waals surface area contributed by atoms with Crippen LogP contribution in [-0.4, -0.2) is 81.4 Å². The lowest BCUT2D eigenvalue weighted by Crippen LogP contribution is -2.39. The third-order valence-electron chi connectivity index (χ3n) is 5.39. The third kappa shape index (κ3) is 8.99. The molecule has 0 aliphatic carbocycles. The largest absolute Gasteiger partial charge is 0.508 e. The molecule has 0 saturated carbocycles. The van der Waals surface area contributed by atoms with E-state index in [1.54, 1.807) is 46.2 Å². The summed E-state index contributed by atoms with van der Waals surface area (Å²) in [5.41, 5.74) is 14.2. The first-order valence-electron chi connectivity index (χ1n) is 11.1. The number of nitrogens with two attached hydrogens (primary N) is 2. The highest BCUT2D eigenvalue weighted by Gasteiger charge is 2.18. The number of phenolic OH excluding ortho intramolecular Hbond substituents is 2. The van der Waals surface area contributed by atoms with Gasteiger partial charge in [0.15, 0.2) is 0 Å². The number of hydrogen-bond acceptors (Lipinski definition) is 8. The molecule has 0 spiro atoms. The standard InChI is InChI=1S/C24H34N4O6/c25-7-5-17-1-3-21(29)19(11-17)13-27(15-23(31)32)9-10-28(16-24(33)34)14-20-12-18(6-8-26)2-4-22(20)30/h1-4,11-12,29-30H,5-10,13-16,25-26H2,(H,31,32)(H,33,34). The fraction of sp³-hybridized carbons (Fsp3) is 0.417. The zero-order chi connectivity index (χ0) is 25.1. The Kier molecular flexibility index (Phi) is 10.8. The molecule has 0 radical (unpaired) electrons. The highest BCUT2D eigenvalue weighted by atomic mass is 16.4. The lowest BCUT2D eigenvalue weighted by Gasteiger charge is -2.26. The van der Waals surface area contributed by atoms with Gasteiger partial charge in [-0.05, 0) is 49.2 Å². The van der Waals surface area contributed by atoms with Crippen LogP contribution in [0.25, 0.3) is 0 Å². The molecule has 2 rings (SSSR count). The van der Waals surface area contributed by atoms with Gasteiger partial charge < -0.3 is 31.9 Å². The smallest absolute Gasteiger partial charge is 0.317 e. The number of carboxylic acids is 2. The molecule has 10 heteroatoms. The van der Waals surface area contributed by atoms with Gasteiger partial charge in [0, 0.05) is 37.3 Å². The molecule has 0 unspecified atom stereocenters. The van der Waals surface area contributed by atoms with E-state index in [0.29, 0.717) is 37.1 Å². The van der Waals surface area contributed by atoms with Crippen molar-refractivity contribution < 1.29 is 30.0 Å². The highest BCUT2D eigenvalue weighted by Crippen LogP contribution is 2.22. The Balaban J connectivity index is 2.16. The van der Waals surface area contributed by atoms with Crippen molar-refractivity contribution in [3.05, 3.63) is 58.7 Å². The second-order valence-electron chi connectivity index (χ2n) is 8.21. The number of aliphatic carboxylic acids is 2. The summed E-state index contributed by atoms with van der Waals surface area (Å²) >= 11 is 0. The number of carbonyl (C=O) groups is 2. The first-order chi connectivity index (χ1) is 16.2. The maximum atomic E-state index is 11.4. The summed E-state index contributed by atoms with van der Waals surface area (Å²) in [6.07, 6.45) is 1.26. The molecule has 2 aromatic carbocycles. The van der Waals surface area contributed by atoms with Crippen molar-refractivity contribution in [1.82, 2.24) is 9.80 Å². The van der Waals surface area contributed by atoms with Crippen LogP contribution in [-0.2, 0) is 35.5 Å². The van der Waals surface area contributed by atoms with Gasteiger partial charge >= 0.3 is 11.9 Å². The second-order valence-corrected chi connectivity index (χ2v) is 8.21. The minimum Gasteiger partial charge on any atom is -0.508 e. The number of rotatable bonds is 15. The molecule has 0 amide bonds. The molecule has 0 heterocycles. The molecular weight excluding hydrogens is 440 g/mol. The fourth-order valence-electron chi connectivity index (χ4n) is 3.75. The SMILES string of the molecule is NCCc1ccc(O)c(CN(CCN(CC(=O)O)Cc2cc(CCN)ccc2O)CC(=O)O)c1. The Morgan fingerprint density at radius 1 is 0.706 bits per heavy atom. The van der Waals surface area contributed by atoms with Gasteiger partial charge in [-0.2, -0.15) is 0 Å². The van der Waals surface area contributed by atoms with Crippen molar-refractivity contribution in [3.8, 4) is 11.5 Å². The van der Waals surface area contributed by atoms with Gasteiger partial charge in [0.05, 0.1) is 13.1 Å². The molecular formula is C24H34N4O6. The zero-order valence-corrected chi connectivity index (χ0v) is 19.2.